The number of ether oxygens (including phenoxy) is 1. The zero-order valence-electron chi connectivity index (χ0n) is 15.8. The number of benzene rings is 3. The molecule has 1 fully saturated rings. The van der Waals surface area contributed by atoms with Crippen molar-refractivity contribution in [1.82, 2.24) is 0 Å². The number of rotatable bonds is 5. The third-order valence-electron chi connectivity index (χ3n) is 4.79. The van der Waals surface area contributed by atoms with E-state index in [4.69, 9.17) is 27.9 Å². The molecule has 30 heavy (non-hydrogen) atoms. The lowest BCUT2D eigenvalue weighted by Gasteiger charge is -2.17. The summed E-state index contributed by atoms with van der Waals surface area (Å²) in [5, 5.41) is 4.06. The molecule has 7 heteroatoms. The number of nitrogens with one attached hydrogen (secondary N) is 1. The summed E-state index contributed by atoms with van der Waals surface area (Å²) < 4.78 is 5.75. The van der Waals surface area contributed by atoms with Gasteiger partial charge in [-0.05, 0) is 66.7 Å². The van der Waals surface area contributed by atoms with Crippen LogP contribution in [0, 0.1) is 5.92 Å². The fourth-order valence-corrected chi connectivity index (χ4v) is 3.58. The number of hydrogen-bond acceptors (Lipinski definition) is 3. The number of carbonyl (C=O) groups excluding carboxylic acids is 2. The van der Waals surface area contributed by atoms with Gasteiger partial charge < -0.3 is 15.0 Å². The zero-order chi connectivity index (χ0) is 21.1. The van der Waals surface area contributed by atoms with E-state index in [9.17, 15) is 9.59 Å². The van der Waals surface area contributed by atoms with E-state index in [1.54, 1.807) is 71.6 Å². The molecule has 1 atom stereocenters. The Morgan fingerprint density at radius 3 is 2.27 bits per heavy atom. The van der Waals surface area contributed by atoms with Crippen LogP contribution in [-0.2, 0) is 9.59 Å². The Morgan fingerprint density at radius 1 is 0.933 bits per heavy atom. The maximum absolute atomic E-state index is 12.7. The first kappa shape index (κ1) is 20.3. The smallest absolute Gasteiger partial charge is 0.229 e. The van der Waals surface area contributed by atoms with Crippen LogP contribution in [0.4, 0.5) is 11.4 Å². The molecule has 0 saturated carbocycles. The van der Waals surface area contributed by atoms with Crippen LogP contribution in [0.25, 0.3) is 0 Å². The molecule has 3 aromatic rings. The third kappa shape index (κ3) is 4.75. The first-order chi connectivity index (χ1) is 14.5. The second kappa shape index (κ2) is 8.78. The van der Waals surface area contributed by atoms with Gasteiger partial charge in [-0.2, -0.15) is 0 Å². The number of carbonyl (C=O) groups is 2. The monoisotopic (exact) mass is 440 g/mol. The van der Waals surface area contributed by atoms with E-state index in [2.05, 4.69) is 5.32 Å². The fraction of sp³-hybridized carbons (Fsp3) is 0.130. The molecule has 5 nitrogen and oxygen atoms in total. The van der Waals surface area contributed by atoms with Gasteiger partial charge >= 0.3 is 0 Å². The number of nitrogens with zero attached hydrogens (tertiary/aromatic N) is 1. The molecular weight excluding hydrogens is 423 g/mol. The molecule has 4 rings (SSSR count). The lowest BCUT2D eigenvalue weighted by molar-refractivity contribution is -0.122. The number of amides is 2. The van der Waals surface area contributed by atoms with Gasteiger partial charge in [0.2, 0.25) is 11.8 Å². The van der Waals surface area contributed by atoms with Crippen LogP contribution in [0.5, 0.6) is 11.5 Å². The van der Waals surface area contributed by atoms with E-state index in [-0.39, 0.29) is 18.2 Å². The van der Waals surface area contributed by atoms with Gasteiger partial charge in [-0.1, -0.05) is 29.3 Å². The minimum absolute atomic E-state index is 0.0934. The average molecular weight is 441 g/mol. The fourth-order valence-electron chi connectivity index (χ4n) is 3.27. The van der Waals surface area contributed by atoms with Gasteiger partial charge in [-0.25, -0.2) is 0 Å². The summed E-state index contributed by atoms with van der Waals surface area (Å²) in [5.74, 6) is 0.588. The van der Waals surface area contributed by atoms with Gasteiger partial charge in [0.05, 0.1) is 5.92 Å². The lowest BCUT2D eigenvalue weighted by Crippen LogP contribution is -2.28. The van der Waals surface area contributed by atoms with Crippen molar-refractivity contribution in [3.8, 4) is 11.5 Å². The maximum Gasteiger partial charge on any atom is 0.229 e. The van der Waals surface area contributed by atoms with Crippen molar-refractivity contribution >= 4 is 46.4 Å². The van der Waals surface area contributed by atoms with Crippen LogP contribution in [0.3, 0.4) is 0 Å². The molecule has 152 valence electrons. The van der Waals surface area contributed by atoms with E-state index < -0.39 is 5.92 Å². The molecule has 0 aromatic heterocycles. The summed E-state index contributed by atoms with van der Waals surface area (Å²) in [7, 11) is 0. The Hall–Kier alpha value is -3.02. The molecule has 2 amide bonds. The van der Waals surface area contributed by atoms with Crippen LogP contribution in [0.15, 0.2) is 72.8 Å². The third-order valence-corrected chi connectivity index (χ3v) is 5.27. The van der Waals surface area contributed by atoms with E-state index >= 15 is 0 Å². The Labute approximate surface area is 184 Å². The number of anilines is 2. The summed E-state index contributed by atoms with van der Waals surface area (Å²) in [4.78, 5) is 26.6. The Morgan fingerprint density at radius 2 is 1.60 bits per heavy atom. The molecular formula is C23H18Cl2N2O3. The summed E-state index contributed by atoms with van der Waals surface area (Å²) in [6, 6.07) is 21.2. The van der Waals surface area contributed by atoms with Crippen molar-refractivity contribution in [2.45, 2.75) is 6.42 Å². The molecule has 0 spiro atoms. The maximum atomic E-state index is 12.7. The van der Waals surface area contributed by atoms with Crippen LogP contribution in [-0.4, -0.2) is 18.4 Å². The first-order valence-corrected chi connectivity index (χ1v) is 10.1. The van der Waals surface area contributed by atoms with Crippen molar-refractivity contribution in [2.24, 2.45) is 5.92 Å². The van der Waals surface area contributed by atoms with Gasteiger partial charge in [-0.15, -0.1) is 0 Å². The molecule has 0 aliphatic carbocycles. The number of hydrogen-bond donors (Lipinski definition) is 1. The Kier molecular flexibility index (Phi) is 5.93. The van der Waals surface area contributed by atoms with Gasteiger partial charge in [0, 0.05) is 34.4 Å². The van der Waals surface area contributed by atoms with E-state index in [0.29, 0.717) is 39.5 Å². The molecule has 3 aromatic carbocycles. The SMILES string of the molecule is O=C(Nc1ccc(Oc2ccc(Cl)cc2)cc1)[C@@H]1CC(=O)N(c2cccc(Cl)c2)C1. The second-order valence-corrected chi connectivity index (χ2v) is 7.83. The predicted molar refractivity (Wildman–Crippen MR) is 119 cm³/mol. The lowest BCUT2D eigenvalue weighted by atomic mass is 10.1. The van der Waals surface area contributed by atoms with Crippen LogP contribution in [0.2, 0.25) is 10.0 Å². The van der Waals surface area contributed by atoms with Crippen LogP contribution in [0.1, 0.15) is 6.42 Å². The zero-order valence-corrected chi connectivity index (χ0v) is 17.4. The highest BCUT2D eigenvalue weighted by Crippen LogP contribution is 2.29. The standard InChI is InChI=1S/C23H18Cl2N2O3/c24-16-4-8-20(9-5-16)30-21-10-6-18(7-11-21)26-23(29)15-12-22(28)27(14-15)19-3-1-2-17(25)13-19/h1-11,13,15H,12,14H2,(H,26,29)/t15-/m1/s1. The van der Waals surface area contributed by atoms with Gasteiger partial charge in [0.25, 0.3) is 0 Å². The van der Waals surface area contributed by atoms with Crippen LogP contribution < -0.4 is 15.0 Å². The minimum Gasteiger partial charge on any atom is -0.457 e. The van der Waals surface area contributed by atoms with Gasteiger partial charge in [0.15, 0.2) is 0 Å². The normalized spacial score (nSPS) is 15.9. The molecule has 1 heterocycles. The van der Waals surface area contributed by atoms with E-state index in [1.807, 2.05) is 6.07 Å². The Balaban J connectivity index is 1.37. The minimum atomic E-state index is -0.429. The summed E-state index contributed by atoms with van der Waals surface area (Å²) >= 11 is 11.9. The summed E-state index contributed by atoms with van der Waals surface area (Å²) in [6.07, 6.45) is 0.163. The molecule has 1 aliphatic heterocycles. The quantitative estimate of drug-likeness (QED) is 0.546. The van der Waals surface area contributed by atoms with E-state index in [0.717, 1.165) is 0 Å². The molecule has 0 unspecified atom stereocenters. The van der Waals surface area contributed by atoms with Crippen molar-refractivity contribution in [2.75, 3.05) is 16.8 Å². The predicted octanol–water partition coefficient (Wildman–Crippen LogP) is 5.78. The van der Waals surface area contributed by atoms with Crippen LogP contribution >= 0.6 is 23.2 Å². The second-order valence-electron chi connectivity index (χ2n) is 6.95. The topological polar surface area (TPSA) is 58.6 Å². The van der Waals surface area contributed by atoms with Crippen molar-refractivity contribution in [3.05, 3.63) is 82.8 Å². The highest BCUT2D eigenvalue weighted by molar-refractivity contribution is 6.31. The largest absolute Gasteiger partial charge is 0.457 e. The molecule has 1 N–H and O–H groups in total. The van der Waals surface area contributed by atoms with Gasteiger partial charge in [-0.3, -0.25) is 9.59 Å². The van der Waals surface area contributed by atoms with Crippen molar-refractivity contribution in [3.63, 3.8) is 0 Å². The Bertz CT molecular complexity index is 1070. The molecule has 1 aliphatic rings. The number of halogens is 2. The van der Waals surface area contributed by atoms with E-state index in [1.165, 1.54) is 0 Å². The van der Waals surface area contributed by atoms with Crippen molar-refractivity contribution < 1.29 is 14.3 Å². The first-order valence-electron chi connectivity index (χ1n) is 9.38. The molecule has 1 saturated heterocycles. The van der Waals surface area contributed by atoms with Gasteiger partial charge in [0.1, 0.15) is 11.5 Å². The highest BCUT2D eigenvalue weighted by Gasteiger charge is 2.35. The highest BCUT2D eigenvalue weighted by atomic mass is 35.5. The molecule has 0 bridgehead atoms. The average Bonchev–Trinajstić information content (AvgIpc) is 3.13. The van der Waals surface area contributed by atoms with Crippen molar-refractivity contribution in [1.29, 1.82) is 0 Å². The summed E-state index contributed by atoms with van der Waals surface area (Å²) in [6.45, 7) is 0.322. The molecule has 0 radical (unpaired) electrons. The summed E-state index contributed by atoms with van der Waals surface area (Å²) in [5.41, 5.74) is 1.34.